The minimum atomic E-state index is -0.758. The first-order valence-corrected chi connectivity index (χ1v) is 23.4. The lowest BCUT2D eigenvalue weighted by Gasteiger charge is -2.18. The van der Waals surface area contributed by atoms with Crippen LogP contribution in [-0.2, 0) is 28.6 Å². The number of hydrogen-bond acceptors (Lipinski definition) is 6. The Labute approximate surface area is 329 Å². The van der Waals surface area contributed by atoms with Crippen molar-refractivity contribution < 1.29 is 28.6 Å². The van der Waals surface area contributed by atoms with Crippen LogP contribution in [-0.4, -0.2) is 37.2 Å². The van der Waals surface area contributed by atoms with Crippen LogP contribution in [0.15, 0.2) is 0 Å². The zero-order valence-electron chi connectivity index (χ0n) is 36.0. The van der Waals surface area contributed by atoms with Gasteiger partial charge in [0, 0.05) is 19.3 Å². The maximum absolute atomic E-state index is 12.5. The Morgan fingerprint density at radius 2 is 0.623 bits per heavy atom. The Morgan fingerprint density at radius 3 is 0.925 bits per heavy atom. The fraction of sp³-hybridized carbons (Fsp3) is 0.936. The molecule has 1 atom stereocenters. The van der Waals surface area contributed by atoms with E-state index in [9.17, 15) is 14.4 Å². The summed E-state index contributed by atoms with van der Waals surface area (Å²) in [6, 6.07) is 0. The summed E-state index contributed by atoms with van der Waals surface area (Å²) in [4.78, 5) is 37.4. The van der Waals surface area contributed by atoms with Crippen molar-refractivity contribution in [2.45, 2.75) is 265 Å². The molecule has 0 aliphatic carbocycles. The Bertz CT molecular complexity index is 796. The molecular formula is C47H90O6. The molecule has 0 heterocycles. The molecule has 0 aromatic heterocycles. The van der Waals surface area contributed by atoms with Crippen LogP contribution in [0.2, 0.25) is 0 Å². The van der Waals surface area contributed by atoms with Gasteiger partial charge in [-0.3, -0.25) is 14.4 Å². The van der Waals surface area contributed by atoms with E-state index in [4.69, 9.17) is 14.2 Å². The largest absolute Gasteiger partial charge is 0.462 e. The van der Waals surface area contributed by atoms with Crippen molar-refractivity contribution in [2.24, 2.45) is 5.92 Å². The Hall–Kier alpha value is -1.59. The molecule has 0 saturated carbocycles. The Morgan fingerprint density at radius 1 is 0.358 bits per heavy atom. The number of rotatable bonds is 42. The molecular weight excluding hydrogens is 661 g/mol. The second kappa shape index (κ2) is 41.6. The van der Waals surface area contributed by atoms with Crippen LogP contribution in [0.4, 0.5) is 0 Å². The van der Waals surface area contributed by atoms with Crippen LogP contribution < -0.4 is 0 Å². The van der Waals surface area contributed by atoms with E-state index in [0.29, 0.717) is 19.3 Å². The summed E-state index contributed by atoms with van der Waals surface area (Å²) < 4.78 is 16.6. The standard InChI is InChI=1S/C47H90O6/c1-5-7-9-11-12-13-14-15-16-17-18-19-20-21-22-23-27-31-34-38-45(48)51-41-44(53-47(50)40-36-29-10-8-6-2)42-52-46(49)39-35-32-28-25-24-26-30-33-37-43(3)4/h43-44H,5-42H2,1-4H3/t44-/m1/s1. The predicted molar refractivity (Wildman–Crippen MR) is 224 cm³/mol. The molecule has 0 aromatic rings. The molecule has 53 heavy (non-hydrogen) atoms. The highest BCUT2D eigenvalue weighted by molar-refractivity contribution is 5.71. The van der Waals surface area contributed by atoms with Gasteiger partial charge in [-0.1, -0.05) is 220 Å². The van der Waals surface area contributed by atoms with Gasteiger partial charge in [0.05, 0.1) is 0 Å². The van der Waals surface area contributed by atoms with Crippen molar-refractivity contribution in [2.75, 3.05) is 13.2 Å². The van der Waals surface area contributed by atoms with Gasteiger partial charge in [-0.2, -0.15) is 0 Å². The lowest BCUT2D eigenvalue weighted by atomic mass is 10.0. The lowest BCUT2D eigenvalue weighted by molar-refractivity contribution is -0.167. The van der Waals surface area contributed by atoms with E-state index in [2.05, 4.69) is 27.7 Å². The van der Waals surface area contributed by atoms with Crippen molar-refractivity contribution in [3.8, 4) is 0 Å². The van der Waals surface area contributed by atoms with Crippen molar-refractivity contribution in [1.82, 2.24) is 0 Å². The normalized spacial score (nSPS) is 11.9. The maximum Gasteiger partial charge on any atom is 0.306 e. The van der Waals surface area contributed by atoms with E-state index in [1.165, 1.54) is 148 Å². The van der Waals surface area contributed by atoms with E-state index in [0.717, 1.165) is 70.1 Å². The monoisotopic (exact) mass is 751 g/mol. The number of esters is 3. The molecule has 6 heteroatoms. The van der Waals surface area contributed by atoms with E-state index in [1.807, 2.05) is 0 Å². The molecule has 0 aromatic carbocycles. The minimum Gasteiger partial charge on any atom is -0.462 e. The zero-order valence-corrected chi connectivity index (χ0v) is 36.0. The quantitative estimate of drug-likeness (QED) is 0.0351. The Balaban J connectivity index is 4.06. The second-order valence-electron chi connectivity index (χ2n) is 16.5. The van der Waals surface area contributed by atoms with E-state index in [-0.39, 0.29) is 31.1 Å². The average molecular weight is 751 g/mol. The summed E-state index contributed by atoms with van der Waals surface area (Å²) >= 11 is 0. The summed E-state index contributed by atoms with van der Waals surface area (Å²) in [7, 11) is 0. The topological polar surface area (TPSA) is 78.9 Å². The van der Waals surface area contributed by atoms with Gasteiger partial charge in [-0.25, -0.2) is 0 Å². The minimum absolute atomic E-state index is 0.0655. The summed E-state index contributed by atoms with van der Waals surface area (Å²) in [5.74, 6) is -0.0734. The van der Waals surface area contributed by atoms with Crippen LogP contribution in [0, 0.1) is 5.92 Å². The fourth-order valence-corrected chi connectivity index (χ4v) is 6.98. The highest BCUT2D eigenvalue weighted by atomic mass is 16.6. The van der Waals surface area contributed by atoms with Crippen LogP contribution in [0.3, 0.4) is 0 Å². The molecule has 0 fully saturated rings. The van der Waals surface area contributed by atoms with Crippen LogP contribution in [0.1, 0.15) is 259 Å². The first kappa shape index (κ1) is 51.4. The van der Waals surface area contributed by atoms with E-state index >= 15 is 0 Å². The second-order valence-corrected chi connectivity index (χ2v) is 16.5. The molecule has 0 bridgehead atoms. The van der Waals surface area contributed by atoms with Gasteiger partial charge in [-0.15, -0.1) is 0 Å². The Kier molecular flexibility index (Phi) is 40.3. The molecule has 0 N–H and O–H groups in total. The summed E-state index contributed by atoms with van der Waals surface area (Å²) in [6.07, 6.45) is 41.3. The van der Waals surface area contributed by atoms with Crippen LogP contribution in [0.5, 0.6) is 0 Å². The van der Waals surface area contributed by atoms with Crippen molar-refractivity contribution in [1.29, 1.82) is 0 Å². The van der Waals surface area contributed by atoms with Crippen LogP contribution in [0.25, 0.3) is 0 Å². The summed E-state index contributed by atoms with van der Waals surface area (Å²) in [5, 5.41) is 0. The maximum atomic E-state index is 12.5. The molecule has 0 unspecified atom stereocenters. The summed E-state index contributed by atoms with van der Waals surface area (Å²) in [6.45, 7) is 8.89. The molecule has 0 aliphatic rings. The van der Waals surface area contributed by atoms with Gasteiger partial charge < -0.3 is 14.2 Å². The van der Waals surface area contributed by atoms with Gasteiger partial charge in [0.25, 0.3) is 0 Å². The number of unbranched alkanes of at least 4 members (excludes halogenated alkanes) is 29. The lowest BCUT2D eigenvalue weighted by Crippen LogP contribution is -2.30. The zero-order chi connectivity index (χ0) is 38.9. The molecule has 0 saturated heterocycles. The fourth-order valence-electron chi connectivity index (χ4n) is 6.98. The third-order valence-corrected chi connectivity index (χ3v) is 10.5. The number of carbonyl (C=O) groups is 3. The highest BCUT2D eigenvalue weighted by Gasteiger charge is 2.19. The molecule has 6 nitrogen and oxygen atoms in total. The SMILES string of the molecule is CCCCCCCCCCCCCCCCCCCCCC(=O)OC[C@H](COC(=O)CCCCCCCCCCC(C)C)OC(=O)CCCCCCC. The highest BCUT2D eigenvalue weighted by Crippen LogP contribution is 2.16. The molecule has 0 rings (SSSR count). The molecule has 0 amide bonds. The van der Waals surface area contributed by atoms with Crippen molar-refractivity contribution in [3.63, 3.8) is 0 Å². The van der Waals surface area contributed by atoms with Gasteiger partial charge >= 0.3 is 17.9 Å². The van der Waals surface area contributed by atoms with Crippen molar-refractivity contribution >= 4 is 17.9 Å². The average Bonchev–Trinajstić information content (AvgIpc) is 3.14. The molecule has 0 radical (unpaired) electrons. The van der Waals surface area contributed by atoms with Gasteiger partial charge in [0.2, 0.25) is 0 Å². The third kappa shape index (κ3) is 41.4. The first-order chi connectivity index (χ1) is 25.9. The molecule has 314 valence electrons. The molecule has 0 spiro atoms. The number of ether oxygens (including phenoxy) is 3. The van der Waals surface area contributed by atoms with E-state index < -0.39 is 6.10 Å². The van der Waals surface area contributed by atoms with Crippen molar-refractivity contribution in [3.05, 3.63) is 0 Å². The van der Waals surface area contributed by atoms with Crippen LogP contribution >= 0.6 is 0 Å². The number of hydrogen-bond donors (Lipinski definition) is 0. The first-order valence-electron chi connectivity index (χ1n) is 23.4. The van der Waals surface area contributed by atoms with Gasteiger partial charge in [-0.05, 0) is 25.2 Å². The molecule has 0 aliphatic heterocycles. The predicted octanol–water partition coefficient (Wildman–Crippen LogP) is 14.7. The third-order valence-electron chi connectivity index (χ3n) is 10.5. The summed E-state index contributed by atoms with van der Waals surface area (Å²) in [5.41, 5.74) is 0. The van der Waals surface area contributed by atoms with E-state index in [1.54, 1.807) is 0 Å². The van der Waals surface area contributed by atoms with Gasteiger partial charge in [0.15, 0.2) is 6.10 Å². The smallest absolute Gasteiger partial charge is 0.306 e. The van der Waals surface area contributed by atoms with Gasteiger partial charge in [0.1, 0.15) is 13.2 Å². The number of carbonyl (C=O) groups excluding carboxylic acids is 3.